The normalized spacial score (nSPS) is 18.2. The van der Waals surface area contributed by atoms with Crippen molar-refractivity contribution < 1.29 is 9.22 Å². The van der Waals surface area contributed by atoms with Crippen molar-refractivity contribution in [2.45, 2.75) is 56.6 Å². The van der Waals surface area contributed by atoms with Crippen LogP contribution in [0.3, 0.4) is 0 Å². The van der Waals surface area contributed by atoms with Crippen LogP contribution in [0.2, 0.25) is 18.1 Å². The van der Waals surface area contributed by atoms with Crippen molar-refractivity contribution in [2.75, 3.05) is 0 Å². The second-order valence-corrected chi connectivity index (χ2v) is 16.0. The van der Waals surface area contributed by atoms with E-state index in [0.717, 1.165) is 22.4 Å². The highest BCUT2D eigenvalue weighted by atomic mass is 28.4. The van der Waals surface area contributed by atoms with Crippen LogP contribution in [0.15, 0.2) is 104 Å². The first-order valence-electron chi connectivity index (χ1n) is 12.8. The average Bonchev–Trinajstić information content (AvgIpc) is 3.37. The van der Waals surface area contributed by atoms with Gasteiger partial charge < -0.3 is 14.3 Å². The lowest BCUT2D eigenvalue weighted by Crippen LogP contribution is -2.62. The first-order valence-corrected chi connectivity index (χ1v) is 15.7. The van der Waals surface area contributed by atoms with E-state index in [9.17, 15) is 4.79 Å². The van der Waals surface area contributed by atoms with Gasteiger partial charge in [-0.1, -0.05) is 112 Å². The van der Waals surface area contributed by atoms with Gasteiger partial charge in [0.1, 0.15) is 11.6 Å². The van der Waals surface area contributed by atoms with Crippen molar-refractivity contribution in [3.05, 3.63) is 126 Å². The number of nitrogens with zero attached hydrogens (tertiary/aromatic N) is 2. The SMILES string of the molecule is CC(C)(C)[Si](C)(C)O[C@@H]1C(=O)N[C@@H]1c1cncn1C(c1ccccc1)(c1ccccc1)c1ccccc1. The third-order valence-electron chi connectivity index (χ3n) is 8.01. The van der Waals surface area contributed by atoms with Crippen molar-refractivity contribution in [2.24, 2.45) is 0 Å². The van der Waals surface area contributed by atoms with Crippen LogP contribution in [0.25, 0.3) is 0 Å². The van der Waals surface area contributed by atoms with Crippen LogP contribution in [0.4, 0.5) is 0 Å². The van der Waals surface area contributed by atoms with Crippen LogP contribution >= 0.6 is 0 Å². The molecule has 0 unspecified atom stereocenters. The molecule has 0 bridgehead atoms. The maximum absolute atomic E-state index is 12.9. The number of carbonyl (C=O) groups is 1. The second kappa shape index (κ2) is 9.43. The first-order chi connectivity index (χ1) is 17.7. The van der Waals surface area contributed by atoms with E-state index in [1.54, 1.807) is 0 Å². The van der Waals surface area contributed by atoms with E-state index in [2.05, 4.69) is 122 Å². The van der Waals surface area contributed by atoms with Gasteiger partial charge in [-0.15, -0.1) is 0 Å². The Hall–Kier alpha value is -3.48. The molecule has 1 saturated heterocycles. The van der Waals surface area contributed by atoms with Crippen molar-refractivity contribution in [3.63, 3.8) is 0 Å². The molecule has 1 aliphatic heterocycles. The van der Waals surface area contributed by atoms with Crippen LogP contribution in [0, 0.1) is 0 Å². The summed E-state index contributed by atoms with van der Waals surface area (Å²) in [6.45, 7) is 11.0. The minimum Gasteiger partial charge on any atom is -0.403 e. The van der Waals surface area contributed by atoms with Gasteiger partial charge in [0.05, 0.1) is 18.2 Å². The third kappa shape index (κ3) is 4.24. The number of hydrogen-bond acceptors (Lipinski definition) is 3. The molecule has 1 N–H and O–H groups in total. The molecule has 0 spiro atoms. The molecule has 5 rings (SSSR count). The van der Waals surface area contributed by atoms with E-state index in [1.807, 2.05) is 30.7 Å². The summed E-state index contributed by atoms with van der Waals surface area (Å²) in [5.41, 5.74) is 3.55. The van der Waals surface area contributed by atoms with Crippen molar-refractivity contribution in [3.8, 4) is 0 Å². The van der Waals surface area contributed by atoms with Crippen LogP contribution in [-0.2, 0) is 14.8 Å². The number of aromatic nitrogens is 2. The lowest BCUT2D eigenvalue weighted by atomic mass is 9.76. The molecule has 4 aromatic rings. The molecule has 190 valence electrons. The number of nitrogens with one attached hydrogen (secondary N) is 1. The first kappa shape index (κ1) is 25.2. The largest absolute Gasteiger partial charge is 0.403 e. The van der Waals surface area contributed by atoms with Gasteiger partial charge in [-0.2, -0.15) is 0 Å². The van der Waals surface area contributed by atoms with Crippen LogP contribution in [0.1, 0.15) is 49.2 Å². The summed E-state index contributed by atoms with van der Waals surface area (Å²) in [6, 6.07) is 31.2. The zero-order valence-electron chi connectivity index (χ0n) is 22.2. The predicted octanol–water partition coefficient (Wildman–Crippen LogP) is 6.28. The summed E-state index contributed by atoms with van der Waals surface area (Å²) in [5, 5.41) is 3.13. The minimum absolute atomic E-state index is 0.00443. The van der Waals surface area contributed by atoms with E-state index in [-0.39, 0.29) is 17.0 Å². The summed E-state index contributed by atoms with van der Waals surface area (Å²) >= 11 is 0. The fraction of sp³-hybridized carbons (Fsp3) is 0.290. The lowest BCUT2D eigenvalue weighted by molar-refractivity contribution is -0.141. The van der Waals surface area contributed by atoms with E-state index < -0.39 is 20.0 Å². The summed E-state index contributed by atoms with van der Waals surface area (Å²) in [5.74, 6) is -0.0627. The summed E-state index contributed by atoms with van der Waals surface area (Å²) < 4.78 is 8.88. The van der Waals surface area contributed by atoms with Gasteiger partial charge in [-0.25, -0.2) is 4.98 Å². The number of benzene rings is 3. The van der Waals surface area contributed by atoms with Gasteiger partial charge >= 0.3 is 0 Å². The number of amides is 1. The molecular weight excluding hydrogens is 474 g/mol. The fourth-order valence-electron chi connectivity index (χ4n) is 4.98. The highest BCUT2D eigenvalue weighted by Gasteiger charge is 2.51. The van der Waals surface area contributed by atoms with Gasteiger partial charge in [0.2, 0.25) is 0 Å². The Kier molecular flexibility index (Phi) is 6.42. The van der Waals surface area contributed by atoms with Crippen molar-refractivity contribution in [1.29, 1.82) is 0 Å². The maximum Gasteiger partial charge on any atom is 0.251 e. The Labute approximate surface area is 220 Å². The monoisotopic (exact) mass is 509 g/mol. The van der Waals surface area contributed by atoms with Crippen molar-refractivity contribution in [1.82, 2.24) is 14.9 Å². The molecule has 1 aromatic heterocycles. The molecule has 6 heteroatoms. The molecule has 1 amide bonds. The molecule has 2 atom stereocenters. The highest BCUT2D eigenvalue weighted by molar-refractivity contribution is 6.74. The Balaban J connectivity index is 1.71. The summed E-state index contributed by atoms with van der Waals surface area (Å²) in [4.78, 5) is 17.5. The average molecular weight is 510 g/mol. The lowest BCUT2D eigenvalue weighted by Gasteiger charge is -2.46. The number of carbonyl (C=O) groups excluding carboxylic acids is 1. The van der Waals surface area contributed by atoms with Gasteiger partial charge in [-0.3, -0.25) is 4.79 Å². The predicted molar refractivity (Wildman–Crippen MR) is 150 cm³/mol. The van der Waals surface area contributed by atoms with Gasteiger partial charge in [0.15, 0.2) is 14.4 Å². The quantitative estimate of drug-likeness (QED) is 0.181. The zero-order valence-corrected chi connectivity index (χ0v) is 23.2. The van der Waals surface area contributed by atoms with E-state index >= 15 is 0 Å². The Morgan fingerprint density at radius 3 is 1.68 bits per heavy atom. The van der Waals surface area contributed by atoms with Gasteiger partial charge in [-0.05, 0) is 34.8 Å². The third-order valence-corrected chi connectivity index (χ3v) is 12.5. The molecule has 2 heterocycles. The second-order valence-electron chi connectivity index (χ2n) is 11.3. The topological polar surface area (TPSA) is 56.1 Å². The maximum atomic E-state index is 12.9. The van der Waals surface area contributed by atoms with Crippen LogP contribution in [0.5, 0.6) is 0 Å². The Bertz CT molecular complexity index is 1270. The molecule has 37 heavy (non-hydrogen) atoms. The molecular formula is C31H35N3O2Si. The standard InChI is InChI=1S/C31H35N3O2Si/c1-30(2,3)37(4,5)36-28-27(33-29(28)35)26-21-32-22-34(26)31(23-15-9-6-10-16-23,24-17-11-7-12-18-24)25-19-13-8-14-20-25/h6-22,27-28H,1-5H3,(H,33,35)/t27-,28+/m1/s1. The smallest absolute Gasteiger partial charge is 0.251 e. The van der Waals surface area contributed by atoms with Crippen molar-refractivity contribution >= 4 is 14.2 Å². The number of β-lactam (4-membered cyclic amide) rings is 1. The molecule has 0 aliphatic carbocycles. The van der Waals surface area contributed by atoms with Gasteiger partial charge in [0, 0.05) is 0 Å². The number of rotatable bonds is 7. The molecule has 1 aliphatic rings. The van der Waals surface area contributed by atoms with E-state index in [1.165, 1.54) is 0 Å². The Morgan fingerprint density at radius 1 is 0.811 bits per heavy atom. The van der Waals surface area contributed by atoms with Crippen LogP contribution < -0.4 is 5.32 Å². The molecule has 5 nitrogen and oxygen atoms in total. The summed E-state index contributed by atoms with van der Waals surface area (Å²) in [6.07, 6.45) is 3.21. The van der Waals surface area contributed by atoms with Gasteiger partial charge in [0.25, 0.3) is 5.91 Å². The minimum atomic E-state index is -2.18. The van der Waals surface area contributed by atoms with Crippen LogP contribution in [-0.4, -0.2) is 29.9 Å². The van der Waals surface area contributed by atoms with E-state index in [4.69, 9.17) is 4.43 Å². The zero-order chi connectivity index (χ0) is 26.3. The molecule has 0 saturated carbocycles. The highest BCUT2D eigenvalue weighted by Crippen LogP contribution is 2.45. The fourth-order valence-corrected chi connectivity index (χ4v) is 6.21. The molecule has 1 fully saturated rings. The Morgan fingerprint density at radius 2 is 1.27 bits per heavy atom. The number of imidazole rings is 1. The molecule has 3 aromatic carbocycles. The molecule has 0 radical (unpaired) electrons. The number of hydrogen-bond donors (Lipinski definition) is 1. The van der Waals surface area contributed by atoms with E-state index in [0.29, 0.717) is 0 Å². The summed E-state index contributed by atoms with van der Waals surface area (Å²) in [7, 11) is -2.18.